The summed E-state index contributed by atoms with van der Waals surface area (Å²) >= 11 is 0. The Morgan fingerprint density at radius 3 is 2.67 bits per heavy atom. The van der Waals surface area contributed by atoms with Crippen molar-refractivity contribution in [3.8, 4) is 0 Å². The van der Waals surface area contributed by atoms with Crippen LogP contribution in [0.3, 0.4) is 0 Å². The number of halogens is 3. The number of alkyl halides is 3. The van der Waals surface area contributed by atoms with Crippen molar-refractivity contribution >= 4 is 5.91 Å². The van der Waals surface area contributed by atoms with Crippen molar-refractivity contribution in [2.75, 3.05) is 0 Å². The lowest BCUT2D eigenvalue weighted by atomic mass is 10.0. The second kappa shape index (κ2) is 5.96. The Labute approximate surface area is 137 Å². The van der Waals surface area contributed by atoms with Crippen LogP contribution in [-0.4, -0.2) is 17.1 Å². The van der Waals surface area contributed by atoms with Gasteiger partial charge in [0.2, 0.25) is 5.91 Å². The van der Waals surface area contributed by atoms with E-state index in [1.807, 2.05) is 0 Å². The lowest BCUT2D eigenvalue weighted by Crippen LogP contribution is -2.28. The molecule has 4 nitrogen and oxygen atoms in total. The highest BCUT2D eigenvalue weighted by Crippen LogP contribution is 2.46. The summed E-state index contributed by atoms with van der Waals surface area (Å²) in [5, 5.41) is 6.58. The number of rotatable bonds is 4. The molecule has 1 N–H and O–H groups in total. The highest BCUT2D eigenvalue weighted by atomic mass is 19.4. The largest absolute Gasteiger partial charge is 0.416 e. The number of carbonyl (C=O) groups is 1. The highest BCUT2D eigenvalue weighted by Gasteiger charge is 2.44. The molecular weight excluding hydrogens is 321 g/mol. The minimum atomic E-state index is -4.38. The Bertz CT molecular complexity index is 748. The van der Waals surface area contributed by atoms with E-state index in [4.69, 9.17) is 4.52 Å². The first-order valence-corrected chi connectivity index (χ1v) is 7.64. The van der Waals surface area contributed by atoms with Crippen molar-refractivity contribution < 1.29 is 22.5 Å². The number of carbonyl (C=O) groups excluding carboxylic acids is 1. The molecule has 3 rings (SSSR count). The van der Waals surface area contributed by atoms with Crippen LogP contribution in [0.2, 0.25) is 0 Å². The summed E-state index contributed by atoms with van der Waals surface area (Å²) < 4.78 is 44.2. The van der Waals surface area contributed by atoms with Gasteiger partial charge in [0.15, 0.2) is 0 Å². The Balaban J connectivity index is 1.66. The van der Waals surface area contributed by atoms with Crippen LogP contribution >= 0.6 is 0 Å². The first kappa shape index (κ1) is 16.5. The Morgan fingerprint density at radius 1 is 1.33 bits per heavy atom. The average molecular weight is 338 g/mol. The molecule has 0 unspecified atom stereocenters. The van der Waals surface area contributed by atoms with Gasteiger partial charge in [-0.25, -0.2) is 0 Å². The number of benzene rings is 1. The van der Waals surface area contributed by atoms with Gasteiger partial charge in [0, 0.05) is 17.5 Å². The lowest BCUT2D eigenvalue weighted by molar-refractivity contribution is -0.138. The second-order valence-electron chi connectivity index (χ2n) is 6.08. The van der Waals surface area contributed by atoms with Crippen molar-refractivity contribution in [3.63, 3.8) is 0 Å². The quantitative estimate of drug-likeness (QED) is 0.928. The number of hydrogen-bond donors (Lipinski definition) is 1. The predicted molar refractivity (Wildman–Crippen MR) is 80.4 cm³/mol. The third-order valence-electron chi connectivity index (χ3n) is 4.32. The monoisotopic (exact) mass is 338 g/mol. The van der Waals surface area contributed by atoms with Gasteiger partial charge in [-0.3, -0.25) is 4.79 Å². The van der Waals surface area contributed by atoms with Gasteiger partial charge in [-0.1, -0.05) is 23.4 Å². The van der Waals surface area contributed by atoms with E-state index in [2.05, 4.69) is 10.5 Å². The van der Waals surface area contributed by atoms with Gasteiger partial charge in [-0.05, 0) is 31.9 Å². The number of hydrogen-bond acceptors (Lipinski definition) is 3. The molecule has 0 spiro atoms. The fourth-order valence-electron chi connectivity index (χ4n) is 2.95. The van der Waals surface area contributed by atoms with Crippen LogP contribution < -0.4 is 5.32 Å². The molecule has 1 aliphatic carbocycles. The minimum absolute atomic E-state index is 0.116. The van der Waals surface area contributed by atoms with Gasteiger partial charge in [0.25, 0.3) is 0 Å². The van der Waals surface area contributed by atoms with Gasteiger partial charge >= 0.3 is 6.18 Å². The number of aromatic nitrogens is 1. The number of nitrogens with one attached hydrogen (secondary N) is 1. The fraction of sp³-hybridized carbons (Fsp3) is 0.412. The van der Waals surface area contributed by atoms with Gasteiger partial charge in [-0.15, -0.1) is 0 Å². The smallest absolute Gasteiger partial charge is 0.361 e. The van der Waals surface area contributed by atoms with E-state index >= 15 is 0 Å². The maximum absolute atomic E-state index is 13.1. The van der Waals surface area contributed by atoms with E-state index in [9.17, 15) is 18.0 Å². The summed E-state index contributed by atoms with van der Waals surface area (Å²) in [6.07, 6.45) is -3.75. The summed E-state index contributed by atoms with van der Waals surface area (Å²) in [5.74, 6) is 0.0512. The summed E-state index contributed by atoms with van der Waals surface area (Å²) in [6, 6.07) is 5.26. The zero-order valence-electron chi connectivity index (χ0n) is 13.3. The molecular formula is C17H17F3N2O2. The molecule has 2 aromatic rings. The molecule has 0 saturated heterocycles. The van der Waals surface area contributed by atoms with Gasteiger partial charge in [0.1, 0.15) is 5.76 Å². The van der Waals surface area contributed by atoms with Crippen LogP contribution in [0.1, 0.15) is 40.5 Å². The Hall–Kier alpha value is -2.31. The minimum Gasteiger partial charge on any atom is -0.361 e. The van der Waals surface area contributed by atoms with Crippen LogP contribution in [0, 0.1) is 13.8 Å². The normalized spacial score (nSPS) is 20.0. The Morgan fingerprint density at radius 2 is 2.04 bits per heavy atom. The molecule has 1 fully saturated rings. The zero-order chi connectivity index (χ0) is 17.5. The predicted octanol–water partition coefficient (Wildman–Crippen LogP) is 3.53. The summed E-state index contributed by atoms with van der Waals surface area (Å²) in [6.45, 7) is 3.47. The van der Waals surface area contributed by atoms with Gasteiger partial charge in [-0.2, -0.15) is 13.2 Å². The summed E-state index contributed by atoms with van der Waals surface area (Å²) in [7, 11) is 0. The van der Waals surface area contributed by atoms with Crippen LogP contribution in [0.4, 0.5) is 13.2 Å². The molecule has 0 aliphatic heterocycles. The molecule has 2 atom stereocenters. The fourth-order valence-corrected chi connectivity index (χ4v) is 2.95. The van der Waals surface area contributed by atoms with Crippen LogP contribution in [-0.2, 0) is 17.4 Å². The summed E-state index contributed by atoms with van der Waals surface area (Å²) in [4.78, 5) is 12.1. The molecule has 1 heterocycles. The van der Waals surface area contributed by atoms with Crippen molar-refractivity contribution in [2.45, 2.75) is 44.8 Å². The maximum Gasteiger partial charge on any atom is 0.416 e. The molecule has 1 aromatic carbocycles. The van der Waals surface area contributed by atoms with Gasteiger partial charge in [0.05, 0.1) is 17.7 Å². The van der Waals surface area contributed by atoms with Crippen molar-refractivity contribution in [1.29, 1.82) is 0 Å². The zero-order valence-corrected chi connectivity index (χ0v) is 13.3. The number of aryl methyl sites for hydroxylation is 2. The topological polar surface area (TPSA) is 55.1 Å². The molecule has 1 aromatic heterocycles. The third-order valence-corrected chi connectivity index (χ3v) is 4.32. The van der Waals surface area contributed by atoms with E-state index in [1.165, 1.54) is 12.1 Å². The second-order valence-corrected chi connectivity index (χ2v) is 6.08. The lowest BCUT2D eigenvalue weighted by Gasteiger charge is -2.12. The van der Waals surface area contributed by atoms with Crippen LogP contribution in [0.25, 0.3) is 0 Å². The first-order chi connectivity index (χ1) is 11.3. The number of amides is 1. The first-order valence-electron chi connectivity index (χ1n) is 7.64. The van der Waals surface area contributed by atoms with E-state index in [-0.39, 0.29) is 29.9 Å². The SMILES string of the molecule is Cc1noc(C)c1CC(=O)N[C@H]1C[C@H]1c1ccccc1C(F)(F)F. The molecule has 1 aliphatic rings. The Kier molecular flexibility index (Phi) is 4.11. The molecule has 0 bridgehead atoms. The van der Waals surface area contributed by atoms with E-state index < -0.39 is 11.7 Å². The summed E-state index contributed by atoms with van der Waals surface area (Å²) in [5.41, 5.74) is 0.989. The van der Waals surface area contributed by atoms with Crippen LogP contribution in [0.15, 0.2) is 28.8 Å². The van der Waals surface area contributed by atoms with E-state index in [0.29, 0.717) is 17.9 Å². The molecule has 1 saturated carbocycles. The highest BCUT2D eigenvalue weighted by molar-refractivity contribution is 5.79. The van der Waals surface area contributed by atoms with Crippen molar-refractivity contribution in [2.24, 2.45) is 0 Å². The van der Waals surface area contributed by atoms with E-state index in [0.717, 1.165) is 11.6 Å². The molecule has 0 radical (unpaired) electrons. The molecule has 24 heavy (non-hydrogen) atoms. The molecule has 1 amide bonds. The molecule has 128 valence electrons. The van der Waals surface area contributed by atoms with Gasteiger partial charge < -0.3 is 9.84 Å². The average Bonchev–Trinajstić information content (AvgIpc) is 3.21. The number of nitrogens with zero attached hydrogens (tertiary/aromatic N) is 1. The van der Waals surface area contributed by atoms with E-state index in [1.54, 1.807) is 19.9 Å². The third kappa shape index (κ3) is 3.29. The van der Waals surface area contributed by atoms with Crippen molar-refractivity contribution in [3.05, 3.63) is 52.4 Å². The van der Waals surface area contributed by atoms with Crippen LogP contribution in [0.5, 0.6) is 0 Å². The molecule has 7 heteroatoms. The maximum atomic E-state index is 13.1. The standard InChI is InChI=1S/C17H17F3N2O2/c1-9-12(10(2)24-22-9)8-16(23)21-15-7-13(15)11-5-3-4-6-14(11)17(18,19)20/h3-6,13,15H,7-8H2,1-2H3,(H,21,23)/t13-,15-/m0/s1. The van der Waals surface area contributed by atoms with Crippen molar-refractivity contribution in [1.82, 2.24) is 10.5 Å².